The fourth-order valence-electron chi connectivity index (χ4n) is 3.34. The van der Waals surface area contributed by atoms with Crippen molar-refractivity contribution in [1.82, 2.24) is 4.57 Å². The van der Waals surface area contributed by atoms with Gasteiger partial charge in [0.15, 0.2) is 0 Å². The highest BCUT2D eigenvalue weighted by atomic mass is 35.5. The van der Waals surface area contributed by atoms with Gasteiger partial charge in [0.2, 0.25) is 0 Å². The minimum Gasteiger partial charge on any atom is -0.322 e. The molecule has 1 amide bonds. The standard InChI is InChI=1S/C24H19ClN2O2/c1-16-21(25)10-5-11-22(16)26-24(29)19-12-13-23(28)27(15-19)14-18-8-4-7-17-6-2-3-9-20(17)18/h2-13,15H,14H2,1H3,(H,26,29). The topological polar surface area (TPSA) is 51.1 Å². The second kappa shape index (κ2) is 7.94. The Balaban J connectivity index is 1.65. The van der Waals surface area contributed by atoms with E-state index in [-0.39, 0.29) is 11.5 Å². The number of hydrogen-bond acceptors (Lipinski definition) is 2. The van der Waals surface area contributed by atoms with Crippen molar-refractivity contribution in [1.29, 1.82) is 0 Å². The molecule has 1 N–H and O–H groups in total. The van der Waals surface area contributed by atoms with Crippen molar-refractivity contribution in [2.75, 3.05) is 5.32 Å². The van der Waals surface area contributed by atoms with E-state index in [2.05, 4.69) is 5.32 Å². The van der Waals surface area contributed by atoms with Crippen LogP contribution < -0.4 is 10.9 Å². The van der Waals surface area contributed by atoms with Gasteiger partial charge in [0.25, 0.3) is 11.5 Å². The molecule has 1 heterocycles. The molecule has 144 valence electrons. The maximum atomic E-state index is 12.7. The van der Waals surface area contributed by atoms with Crippen LogP contribution in [0.2, 0.25) is 5.02 Å². The Kier molecular flexibility index (Phi) is 5.19. The summed E-state index contributed by atoms with van der Waals surface area (Å²) in [5, 5.41) is 5.66. The van der Waals surface area contributed by atoms with Gasteiger partial charge in [-0.25, -0.2) is 0 Å². The number of benzene rings is 3. The van der Waals surface area contributed by atoms with Crippen LogP contribution in [0.15, 0.2) is 83.8 Å². The molecule has 1 aromatic heterocycles. The van der Waals surface area contributed by atoms with Gasteiger partial charge in [-0.3, -0.25) is 9.59 Å². The Morgan fingerprint density at radius 2 is 1.72 bits per heavy atom. The first-order chi connectivity index (χ1) is 14.0. The number of rotatable bonds is 4. The Bertz CT molecular complexity index is 1270. The second-order valence-corrected chi connectivity index (χ2v) is 7.30. The smallest absolute Gasteiger partial charge is 0.257 e. The first-order valence-electron chi connectivity index (χ1n) is 9.26. The number of fused-ring (bicyclic) bond motifs is 1. The largest absolute Gasteiger partial charge is 0.322 e. The lowest BCUT2D eigenvalue weighted by molar-refractivity contribution is 0.102. The molecule has 29 heavy (non-hydrogen) atoms. The Morgan fingerprint density at radius 3 is 2.59 bits per heavy atom. The Hall–Kier alpha value is -3.37. The molecule has 3 aromatic carbocycles. The van der Waals surface area contributed by atoms with Gasteiger partial charge in [0.1, 0.15) is 0 Å². The zero-order chi connectivity index (χ0) is 20.4. The molecule has 0 spiro atoms. The molecule has 4 aromatic rings. The number of carbonyl (C=O) groups excluding carboxylic acids is 1. The summed E-state index contributed by atoms with van der Waals surface area (Å²) < 4.78 is 1.56. The number of aromatic nitrogens is 1. The summed E-state index contributed by atoms with van der Waals surface area (Å²) in [6, 6.07) is 22.4. The van der Waals surface area contributed by atoms with Crippen molar-refractivity contribution in [3.63, 3.8) is 0 Å². The van der Waals surface area contributed by atoms with Crippen LogP contribution >= 0.6 is 11.6 Å². The van der Waals surface area contributed by atoms with Crippen molar-refractivity contribution in [2.45, 2.75) is 13.5 Å². The molecular formula is C24H19ClN2O2. The van der Waals surface area contributed by atoms with Crippen LogP contribution in [0, 0.1) is 6.92 Å². The highest BCUT2D eigenvalue weighted by Crippen LogP contribution is 2.23. The Morgan fingerprint density at radius 1 is 0.966 bits per heavy atom. The van der Waals surface area contributed by atoms with Gasteiger partial charge in [0, 0.05) is 23.0 Å². The molecule has 0 radical (unpaired) electrons. The molecular weight excluding hydrogens is 384 g/mol. The van der Waals surface area contributed by atoms with E-state index in [4.69, 9.17) is 11.6 Å². The number of nitrogens with zero attached hydrogens (tertiary/aromatic N) is 1. The molecule has 0 aliphatic carbocycles. The average molecular weight is 403 g/mol. The lowest BCUT2D eigenvalue weighted by Gasteiger charge is -2.12. The van der Waals surface area contributed by atoms with Crippen molar-refractivity contribution in [2.24, 2.45) is 0 Å². The average Bonchev–Trinajstić information content (AvgIpc) is 2.73. The van der Waals surface area contributed by atoms with Crippen molar-refractivity contribution in [3.05, 3.63) is 111 Å². The van der Waals surface area contributed by atoms with Crippen LogP contribution in [0.3, 0.4) is 0 Å². The van der Waals surface area contributed by atoms with E-state index in [1.165, 1.54) is 12.1 Å². The lowest BCUT2D eigenvalue weighted by atomic mass is 10.0. The summed E-state index contributed by atoms with van der Waals surface area (Å²) in [5.41, 5.74) is 2.71. The van der Waals surface area contributed by atoms with Crippen LogP contribution in [0.5, 0.6) is 0 Å². The molecule has 0 saturated heterocycles. The molecule has 4 rings (SSSR count). The summed E-state index contributed by atoms with van der Waals surface area (Å²) in [7, 11) is 0. The molecule has 0 unspecified atom stereocenters. The quantitative estimate of drug-likeness (QED) is 0.506. The first kappa shape index (κ1) is 19.0. The summed E-state index contributed by atoms with van der Waals surface area (Å²) in [4.78, 5) is 25.1. The molecule has 0 bridgehead atoms. The summed E-state index contributed by atoms with van der Waals surface area (Å²) >= 11 is 6.13. The maximum absolute atomic E-state index is 12.7. The lowest BCUT2D eigenvalue weighted by Crippen LogP contribution is -2.22. The third-order valence-corrected chi connectivity index (χ3v) is 5.39. The van der Waals surface area contributed by atoms with Crippen LogP contribution in [0.1, 0.15) is 21.5 Å². The fraction of sp³-hybridized carbons (Fsp3) is 0.0833. The van der Waals surface area contributed by atoms with Gasteiger partial charge in [-0.2, -0.15) is 0 Å². The highest BCUT2D eigenvalue weighted by molar-refractivity contribution is 6.31. The van der Waals surface area contributed by atoms with E-state index in [0.717, 1.165) is 21.9 Å². The predicted octanol–water partition coefficient (Wildman–Crippen LogP) is 5.26. The normalized spacial score (nSPS) is 10.8. The summed E-state index contributed by atoms with van der Waals surface area (Å²) in [6.07, 6.45) is 1.60. The number of halogens is 1. The Labute approximate surface area is 173 Å². The van der Waals surface area contributed by atoms with Gasteiger partial charge < -0.3 is 9.88 Å². The predicted molar refractivity (Wildman–Crippen MR) is 118 cm³/mol. The summed E-state index contributed by atoms with van der Waals surface area (Å²) in [5.74, 6) is -0.290. The number of pyridine rings is 1. The SMILES string of the molecule is Cc1c(Cl)cccc1NC(=O)c1ccc(=O)n(Cc2cccc3ccccc23)c1. The van der Waals surface area contributed by atoms with Gasteiger partial charge in [0.05, 0.1) is 12.1 Å². The number of nitrogens with one attached hydrogen (secondary N) is 1. The van der Waals surface area contributed by atoms with E-state index in [1.54, 1.807) is 29.0 Å². The molecule has 0 atom stereocenters. The van der Waals surface area contributed by atoms with E-state index < -0.39 is 0 Å². The fourth-order valence-corrected chi connectivity index (χ4v) is 3.52. The van der Waals surface area contributed by atoms with Gasteiger partial charge in [-0.1, -0.05) is 60.1 Å². The first-order valence-corrected chi connectivity index (χ1v) is 9.64. The minimum absolute atomic E-state index is 0.159. The second-order valence-electron chi connectivity index (χ2n) is 6.89. The van der Waals surface area contributed by atoms with Gasteiger partial charge in [-0.05, 0) is 47.0 Å². The summed E-state index contributed by atoms with van der Waals surface area (Å²) in [6.45, 7) is 2.23. The minimum atomic E-state index is -0.290. The van der Waals surface area contributed by atoms with Crippen LogP contribution in [0.4, 0.5) is 5.69 Å². The van der Waals surface area contributed by atoms with Crippen molar-refractivity contribution in [3.8, 4) is 0 Å². The number of amides is 1. The van der Waals surface area contributed by atoms with Gasteiger partial charge in [-0.15, -0.1) is 0 Å². The molecule has 0 aliphatic heterocycles. The van der Waals surface area contributed by atoms with Gasteiger partial charge >= 0.3 is 0 Å². The molecule has 5 heteroatoms. The molecule has 4 nitrogen and oxygen atoms in total. The van der Waals surface area contributed by atoms with E-state index >= 15 is 0 Å². The van der Waals surface area contributed by atoms with E-state index in [9.17, 15) is 9.59 Å². The van der Waals surface area contributed by atoms with Crippen LogP contribution in [0.25, 0.3) is 10.8 Å². The number of carbonyl (C=O) groups is 1. The van der Waals surface area contributed by atoms with Crippen LogP contribution in [-0.4, -0.2) is 10.5 Å². The molecule has 0 fully saturated rings. The van der Waals surface area contributed by atoms with E-state index in [0.29, 0.717) is 22.8 Å². The third-order valence-electron chi connectivity index (χ3n) is 4.98. The number of anilines is 1. The van der Waals surface area contributed by atoms with E-state index in [1.807, 2.05) is 49.4 Å². The van der Waals surface area contributed by atoms with Crippen molar-refractivity contribution >= 4 is 34.0 Å². The van der Waals surface area contributed by atoms with Crippen molar-refractivity contribution < 1.29 is 4.79 Å². The maximum Gasteiger partial charge on any atom is 0.257 e. The zero-order valence-electron chi connectivity index (χ0n) is 15.9. The number of hydrogen-bond donors (Lipinski definition) is 1. The highest BCUT2D eigenvalue weighted by Gasteiger charge is 2.11. The third kappa shape index (κ3) is 3.93. The molecule has 0 aliphatic rings. The molecule has 0 saturated carbocycles. The monoisotopic (exact) mass is 402 g/mol. The van der Waals surface area contributed by atoms with Crippen LogP contribution in [-0.2, 0) is 6.54 Å². The zero-order valence-corrected chi connectivity index (χ0v) is 16.6.